The number of aliphatic carboxylic acids is 1. The molecule has 2 atom stereocenters. The smallest absolute Gasteiger partial charge is 0.317 e. The third-order valence-corrected chi connectivity index (χ3v) is 3.95. The van der Waals surface area contributed by atoms with Crippen molar-refractivity contribution >= 4 is 23.3 Å². The highest BCUT2D eigenvalue weighted by atomic mass is 32.1. The van der Waals surface area contributed by atoms with Gasteiger partial charge in [0, 0.05) is 25.0 Å². The van der Waals surface area contributed by atoms with Gasteiger partial charge in [0.05, 0.1) is 5.92 Å². The van der Waals surface area contributed by atoms with Crippen LogP contribution in [0.25, 0.3) is 0 Å². The van der Waals surface area contributed by atoms with E-state index in [1.807, 2.05) is 11.4 Å². The van der Waals surface area contributed by atoms with Crippen molar-refractivity contribution in [1.29, 1.82) is 0 Å². The summed E-state index contributed by atoms with van der Waals surface area (Å²) in [5.41, 5.74) is 0. The molecule has 20 heavy (non-hydrogen) atoms. The fraction of sp³-hybridized carbons (Fsp3) is 0.571. The van der Waals surface area contributed by atoms with Gasteiger partial charge >= 0.3 is 12.0 Å². The quantitative estimate of drug-likeness (QED) is 0.811. The Balaban J connectivity index is 2.29. The lowest BCUT2D eigenvalue weighted by atomic mass is 10.1. The molecule has 0 saturated carbocycles. The van der Waals surface area contributed by atoms with Gasteiger partial charge in [-0.15, -0.1) is 11.3 Å². The number of thiophene rings is 1. The van der Waals surface area contributed by atoms with E-state index in [9.17, 15) is 9.59 Å². The maximum Gasteiger partial charge on any atom is 0.317 e. The minimum Gasteiger partial charge on any atom is -0.481 e. The molecule has 0 aliphatic rings. The SMILES string of the molecule is CC(CNC(=O)N(C)CC(C)C(=O)O)Cc1cccs1. The van der Waals surface area contributed by atoms with Crippen LogP contribution >= 0.6 is 11.3 Å². The van der Waals surface area contributed by atoms with Gasteiger partial charge in [-0.25, -0.2) is 4.79 Å². The molecule has 0 aliphatic heterocycles. The van der Waals surface area contributed by atoms with Gasteiger partial charge in [0.25, 0.3) is 0 Å². The molecule has 6 heteroatoms. The molecule has 0 aliphatic carbocycles. The molecule has 0 fully saturated rings. The van der Waals surface area contributed by atoms with Gasteiger partial charge in [0.15, 0.2) is 0 Å². The van der Waals surface area contributed by atoms with Gasteiger partial charge in [-0.1, -0.05) is 19.9 Å². The number of rotatable bonds is 7. The Morgan fingerprint density at radius 3 is 2.70 bits per heavy atom. The van der Waals surface area contributed by atoms with E-state index in [2.05, 4.69) is 18.3 Å². The van der Waals surface area contributed by atoms with E-state index in [0.29, 0.717) is 12.5 Å². The molecular weight excluding hydrogens is 276 g/mol. The Hall–Kier alpha value is -1.56. The molecule has 2 N–H and O–H groups in total. The van der Waals surface area contributed by atoms with Gasteiger partial charge < -0.3 is 15.3 Å². The summed E-state index contributed by atoms with van der Waals surface area (Å²) >= 11 is 1.72. The van der Waals surface area contributed by atoms with E-state index in [0.717, 1.165) is 6.42 Å². The summed E-state index contributed by atoms with van der Waals surface area (Å²) < 4.78 is 0. The van der Waals surface area contributed by atoms with Crippen LogP contribution < -0.4 is 5.32 Å². The maximum atomic E-state index is 11.8. The number of hydrogen-bond donors (Lipinski definition) is 2. The molecule has 0 bridgehead atoms. The molecule has 2 unspecified atom stereocenters. The molecule has 5 nitrogen and oxygen atoms in total. The first-order valence-electron chi connectivity index (χ1n) is 6.64. The molecule has 1 rings (SSSR count). The predicted molar refractivity (Wildman–Crippen MR) is 80.0 cm³/mol. The Kier molecular flexibility index (Phi) is 6.51. The van der Waals surface area contributed by atoms with Crippen LogP contribution in [0.2, 0.25) is 0 Å². The summed E-state index contributed by atoms with van der Waals surface area (Å²) in [4.78, 5) is 25.3. The Morgan fingerprint density at radius 1 is 1.45 bits per heavy atom. The van der Waals surface area contributed by atoms with Crippen LogP contribution in [0, 0.1) is 11.8 Å². The second-order valence-corrected chi connectivity index (χ2v) is 6.23. The zero-order chi connectivity index (χ0) is 15.1. The lowest BCUT2D eigenvalue weighted by molar-refractivity contribution is -0.141. The van der Waals surface area contributed by atoms with Gasteiger partial charge in [-0.2, -0.15) is 0 Å². The first-order chi connectivity index (χ1) is 9.40. The fourth-order valence-electron chi connectivity index (χ4n) is 1.81. The third kappa shape index (κ3) is 5.61. The average molecular weight is 298 g/mol. The number of nitrogens with zero attached hydrogens (tertiary/aromatic N) is 1. The first-order valence-corrected chi connectivity index (χ1v) is 7.52. The van der Waals surface area contributed by atoms with Crippen LogP contribution in [0.3, 0.4) is 0 Å². The van der Waals surface area contributed by atoms with Gasteiger partial charge in [0.2, 0.25) is 0 Å². The number of nitrogens with one attached hydrogen (secondary N) is 1. The number of carboxylic acid groups (broad SMARTS) is 1. The summed E-state index contributed by atoms with van der Waals surface area (Å²) in [5.74, 6) is -1.10. The zero-order valence-electron chi connectivity index (χ0n) is 12.1. The molecule has 112 valence electrons. The van der Waals surface area contributed by atoms with Crippen molar-refractivity contribution in [1.82, 2.24) is 10.2 Å². The summed E-state index contributed by atoms with van der Waals surface area (Å²) in [6.07, 6.45) is 0.938. The topological polar surface area (TPSA) is 69.6 Å². The molecule has 1 aromatic rings. The Labute approximate surface area is 123 Å². The number of carbonyl (C=O) groups is 2. The van der Waals surface area contributed by atoms with Crippen molar-refractivity contribution < 1.29 is 14.7 Å². The predicted octanol–water partition coefficient (Wildman–Crippen LogP) is 2.29. The van der Waals surface area contributed by atoms with Crippen molar-refractivity contribution in [3.63, 3.8) is 0 Å². The van der Waals surface area contributed by atoms with Gasteiger partial charge in [-0.05, 0) is 23.8 Å². The highest BCUT2D eigenvalue weighted by Crippen LogP contribution is 2.13. The molecule has 1 heterocycles. The highest BCUT2D eigenvalue weighted by molar-refractivity contribution is 7.09. The lowest BCUT2D eigenvalue weighted by Gasteiger charge is -2.21. The van der Waals surface area contributed by atoms with Crippen molar-refractivity contribution in [2.75, 3.05) is 20.1 Å². The third-order valence-electron chi connectivity index (χ3n) is 3.05. The number of carboxylic acids is 1. The number of carbonyl (C=O) groups excluding carboxylic acids is 1. The largest absolute Gasteiger partial charge is 0.481 e. The number of amides is 2. The Morgan fingerprint density at radius 2 is 2.15 bits per heavy atom. The average Bonchev–Trinajstić information content (AvgIpc) is 2.88. The standard InChI is InChI=1S/C14H22N2O3S/c1-10(7-12-5-4-6-20-12)8-15-14(19)16(3)9-11(2)13(17)18/h4-6,10-11H,7-9H2,1-3H3,(H,15,19)(H,17,18). The van der Waals surface area contributed by atoms with Crippen molar-refractivity contribution in [2.45, 2.75) is 20.3 Å². The van der Waals surface area contributed by atoms with Crippen LogP contribution in [0.15, 0.2) is 17.5 Å². The van der Waals surface area contributed by atoms with Crippen LogP contribution in [-0.4, -0.2) is 42.1 Å². The van der Waals surface area contributed by atoms with E-state index in [1.165, 1.54) is 9.78 Å². The molecule has 0 saturated heterocycles. The number of hydrogen-bond acceptors (Lipinski definition) is 3. The highest BCUT2D eigenvalue weighted by Gasteiger charge is 2.17. The molecule has 2 amide bonds. The first kappa shape index (κ1) is 16.5. The number of urea groups is 1. The minimum absolute atomic E-state index is 0.209. The van der Waals surface area contributed by atoms with Crippen LogP contribution in [0.5, 0.6) is 0 Å². The molecule has 0 radical (unpaired) electrons. The maximum absolute atomic E-state index is 11.8. The lowest BCUT2D eigenvalue weighted by Crippen LogP contribution is -2.42. The van der Waals surface area contributed by atoms with Crippen LogP contribution in [-0.2, 0) is 11.2 Å². The van der Waals surface area contributed by atoms with Crippen molar-refractivity contribution in [3.8, 4) is 0 Å². The van der Waals surface area contributed by atoms with E-state index in [4.69, 9.17) is 5.11 Å². The van der Waals surface area contributed by atoms with E-state index < -0.39 is 11.9 Å². The second kappa shape index (κ2) is 7.89. The molecule has 1 aromatic heterocycles. The Bertz CT molecular complexity index is 434. The molecule has 0 spiro atoms. The summed E-state index contributed by atoms with van der Waals surface area (Å²) in [6.45, 7) is 4.47. The van der Waals surface area contributed by atoms with Crippen LogP contribution in [0.4, 0.5) is 4.79 Å². The van der Waals surface area contributed by atoms with Crippen LogP contribution in [0.1, 0.15) is 18.7 Å². The summed E-state index contributed by atoms with van der Waals surface area (Å²) in [7, 11) is 1.61. The zero-order valence-corrected chi connectivity index (χ0v) is 12.9. The monoisotopic (exact) mass is 298 g/mol. The molecular formula is C14H22N2O3S. The normalized spacial score (nSPS) is 13.6. The van der Waals surface area contributed by atoms with E-state index >= 15 is 0 Å². The van der Waals surface area contributed by atoms with Crippen molar-refractivity contribution in [2.24, 2.45) is 11.8 Å². The minimum atomic E-state index is -0.893. The summed E-state index contributed by atoms with van der Waals surface area (Å²) in [6, 6.07) is 3.88. The van der Waals surface area contributed by atoms with Gasteiger partial charge in [0.1, 0.15) is 0 Å². The second-order valence-electron chi connectivity index (χ2n) is 5.19. The van der Waals surface area contributed by atoms with E-state index in [-0.39, 0.29) is 12.6 Å². The van der Waals surface area contributed by atoms with Crippen molar-refractivity contribution in [3.05, 3.63) is 22.4 Å². The summed E-state index contributed by atoms with van der Waals surface area (Å²) in [5, 5.41) is 13.7. The van der Waals surface area contributed by atoms with Gasteiger partial charge in [-0.3, -0.25) is 4.79 Å². The fourth-order valence-corrected chi connectivity index (χ4v) is 2.68. The molecule has 0 aromatic carbocycles. The van der Waals surface area contributed by atoms with E-state index in [1.54, 1.807) is 25.3 Å².